The molecular formula is C26H32FN5O3. The molecule has 0 saturated heterocycles. The summed E-state index contributed by atoms with van der Waals surface area (Å²) in [5.41, 5.74) is 0.0378. The third-order valence-electron chi connectivity index (χ3n) is 7.44. The number of hydrogen-bond acceptors (Lipinski definition) is 4. The molecule has 2 saturated carbocycles. The summed E-state index contributed by atoms with van der Waals surface area (Å²) in [6, 6.07) is 6.01. The molecule has 2 heterocycles. The average Bonchev–Trinajstić information content (AvgIpc) is 3.62. The van der Waals surface area contributed by atoms with Crippen LogP contribution in [-0.2, 0) is 17.9 Å². The highest BCUT2D eigenvalue weighted by Gasteiger charge is 2.53. The predicted octanol–water partition coefficient (Wildman–Crippen LogP) is 3.17. The van der Waals surface area contributed by atoms with Gasteiger partial charge in [-0.05, 0) is 50.3 Å². The van der Waals surface area contributed by atoms with Crippen LogP contribution in [0.5, 0.6) is 0 Å². The molecule has 2 aromatic rings. The highest BCUT2D eigenvalue weighted by atomic mass is 19.1. The minimum atomic E-state index is -1.12. The molecular weight excluding hydrogens is 449 g/mol. The van der Waals surface area contributed by atoms with E-state index in [0.29, 0.717) is 0 Å². The van der Waals surface area contributed by atoms with Gasteiger partial charge >= 0.3 is 0 Å². The van der Waals surface area contributed by atoms with Gasteiger partial charge in [-0.3, -0.25) is 14.4 Å². The Labute approximate surface area is 204 Å². The summed E-state index contributed by atoms with van der Waals surface area (Å²) in [6.07, 6.45) is 9.57. The van der Waals surface area contributed by atoms with Crippen LogP contribution in [-0.4, -0.2) is 49.8 Å². The first kappa shape index (κ1) is 23.5. The Bertz CT molecular complexity index is 1120. The molecule has 2 N–H and O–H groups in total. The number of carbonyl (C=O) groups excluding carboxylic acids is 3. The van der Waals surface area contributed by atoms with Crippen molar-refractivity contribution >= 4 is 17.7 Å². The summed E-state index contributed by atoms with van der Waals surface area (Å²) in [7, 11) is 0. The molecule has 3 amide bonds. The number of rotatable bonds is 6. The molecule has 0 radical (unpaired) electrons. The molecule has 0 unspecified atom stereocenters. The van der Waals surface area contributed by atoms with Crippen LogP contribution in [0, 0.1) is 5.82 Å². The topological polar surface area (TPSA) is 96.3 Å². The van der Waals surface area contributed by atoms with Crippen molar-refractivity contribution in [1.29, 1.82) is 0 Å². The lowest BCUT2D eigenvalue weighted by Gasteiger charge is -2.44. The van der Waals surface area contributed by atoms with Gasteiger partial charge in [-0.15, -0.1) is 0 Å². The number of hydrogen-bond donors (Lipinski definition) is 2. The summed E-state index contributed by atoms with van der Waals surface area (Å²) >= 11 is 0. The first-order valence-electron chi connectivity index (χ1n) is 12.6. The zero-order valence-corrected chi connectivity index (χ0v) is 20.1. The van der Waals surface area contributed by atoms with E-state index in [2.05, 4.69) is 15.6 Å². The molecule has 2 fully saturated rings. The third kappa shape index (κ3) is 4.68. The Kier molecular flexibility index (Phi) is 6.34. The van der Waals surface area contributed by atoms with Crippen LogP contribution in [0.4, 0.5) is 4.39 Å². The minimum Gasteiger partial charge on any atom is -0.350 e. The van der Waals surface area contributed by atoms with Crippen molar-refractivity contribution in [1.82, 2.24) is 25.1 Å². The van der Waals surface area contributed by atoms with Crippen molar-refractivity contribution in [3.8, 4) is 0 Å². The highest BCUT2D eigenvalue weighted by molar-refractivity contribution is 6.07. The zero-order valence-electron chi connectivity index (χ0n) is 20.1. The van der Waals surface area contributed by atoms with Crippen LogP contribution < -0.4 is 10.6 Å². The molecule has 1 aromatic heterocycles. The number of nitrogens with zero attached hydrogens (tertiary/aromatic N) is 3. The fourth-order valence-electron chi connectivity index (χ4n) is 5.37. The Balaban J connectivity index is 1.36. The number of fused-ring (bicyclic) bond motifs is 1. The van der Waals surface area contributed by atoms with Gasteiger partial charge in [0.2, 0.25) is 5.91 Å². The van der Waals surface area contributed by atoms with E-state index in [1.165, 1.54) is 31.3 Å². The molecule has 2 aliphatic carbocycles. The lowest BCUT2D eigenvalue weighted by atomic mass is 9.93. The largest absolute Gasteiger partial charge is 0.350 e. The van der Waals surface area contributed by atoms with Gasteiger partial charge in [-0.25, -0.2) is 9.37 Å². The van der Waals surface area contributed by atoms with Gasteiger partial charge in [-0.1, -0.05) is 37.8 Å². The van der Waals surface area contributed by atoms with Gasteiger partial charge in [-0.2, -0.15) is 0 Å². The number of halogens is 1. The molecule has 9 heteroatoms. The van der Waals surface area contributed by atoms with E-state index in [1.807, 2.05) is 0 Å². The van der Waals surface area contributed by atoms with Gasteiger partial charge in [0.05, 0.1) is 12.9 Å². The van der Waals surface area contributed by atoms with E-state index in [0.717, 1.165) is 44.1 Å². The molecule has 1 aliphatic heterocycles. The zero-order chi connectivity index (χ0) is 24.6. The molecule has 5 rings (SSSR count). The summed E-state index contributed by atoms with van der Waals surface area (Å²) in [5.74, 6) is -1.27. The normalized spacial score (nSPS) is 22.9. The highest BCUT2D eigenvalue weighted by Crippen LogP contribution is 2.39. The Morgan fingerprint density at radius 1 is 1.09 bits per heavy atom. The fraction of sp³-hybridized carbons (Fsp3) is 0.538. The van der Waals surface area contributed by atoms with Crippen LogP contribution >= 0.6 is 0 Å². The van der Waals surface area contributed by atoms with Gasteiger partial charge in [0.1, 0.15) is 17.1 Å². The van der Waals surface area contributed by atoms with Gasteiger partial charge in [0, 0.05) is 18.6 Å². The van der Waals surface area contributed by atoms with Crippen LogP contribution in [0.15, 0.2) is 30.6 Å². The Morgan fingerprint density at radius 3 is 2.43 bits per heavy atom. The number of aromatic nitrogens is 2. The maximum absolute atomic E-state index is 13.7. The van der Waals surface area contributed by atoms with Crippen LogP contribution in [0.25, 0.3) is 0 Å². The first-order chi connectivity index (χ1) is 16.9. The van der Waals surface area contributed by atoms with Crippen molar-refractivity contribution in [3.05, 3.63) is 53.4 Å². The standard InChI is InChI=1S/C26H32FN5O3/c1-26(25(35)28-14-17-8-10-18(27)11-9-17)15-31-16-29-21(22(31)24(34)32(26)20-12-13-20)23(33)30-19-6-4-2-3-5-7-19/h8-11,16,19-20H,2-7,12-15H2,1H3,(H,28,35)(H,30,33)/t26-/m1/s1. The summed E-state index contributed by atoms with van der Waals surface area (Å²) in [4.78, 5) is 46.2. The molecule has 8 nitrogen and oxygen atoms in total. The molecule has 3 aliphatic rings. The lowest BCUT2D eigenvalue weighted by Crippen LogP contribution is -2.64. The summed E-state index contributed by atoms with van der Waals surface area (Å²) in [6.45, 7) is 2.20. The van der Waals surface area contributed by atoms with Crippen molar-refractivity contribution in [2.75, 3.05) is 0 Å². The number of amides is 3. The second-order valence-electron chi connectivity index (χ2n) is 10.2. The molecule has 0 bridgehead atoms. The molecule has 0 spiro atoms. The van der Waals surface area contributed by atoms with E-state index in [9.17, 15) is 18.8 Å². The molecule has 1 aromatic carbocycles. The van der Waals surface area contributed by atoms with E-state index in [1.54, 1.807) is 28.5 Å². The van der Waals surface area contributed by atoms with E-state index >= 15 is 0 Å². The second kappa shape index (κ2) is 9.43. The maximum atomic E-state index is 13.7. The van der Waals surface area contributed by atoms with Crippen molar-refractivity contribution < 1.29 is 18.8 Å². The number of benzene rings is 1. The van der Waals surface area contributed by atoms with Crippen molar-refractivity contribution in [3.63, 3.8) is 0 Å². The SMILES string of the molecule is C[C@]1(C(=O)NCc2ccc(F)cc2)Cn2cnc(C(=O)NC3CCCCCC3)c2C(=O)N1C1CC1. The predicted molar refractivity (Wildman–Crippen MR) is 127 cm³/mol. The van der Waals surface area contributed by atoms with Crippen LogP contribution in [0.2, 0.25) is 0 Å². The van der Waals surface area contributed by atoms with E-state index in [-0.39, 0.29) is 60.1 Å². The second-order valence-corrected chi connectivity index (χ2v) is 10.2. The summed E-state index contributed by atoms with van der Waals surface area (Å²) in [5, 5.41) is 6.00. The minimum absolute atomic E-state index is 0.0366. The van der Waals surface area contributed by atoms with Gasteiger partial charge < -0.3 is 20.1 Å². The van der Waals surface area contributed by atoms with E-state index < -0.39 is 5.54 Å². The molecule has 186 valence electrons. The van der Waals surface area contributed by atoms with Crippen molar-refractivity contribution in [2.24, 2.45) is 0 Å². The average molecular weight is 482 g/mol. The quantitative estimate of drug-likeness (QED) is 0.620. The van der Waals surface area contributed by atoms with Crippen LogP contribution in [0.3, 0.4) is 0 Å². The Morgan fingerprint density at radius 2 is 1.77 bits per heavy atom. The molecule has 1 atom stereocenters. The van der Waals surface area contributed by atoms with E-state index in [4.69, 9.17) is 0 Å². The monoisotopic (exact) mass is 481 g/mol. The third-order valence-corrected chi connectivity index (χ3v) is 7.44. The first-order valence-corrected chi connectivity index (χ1v) is 12.6. The summed E-state index contributed by atoms with van der Waals surface area (Å²) < 4.78 is 14.8. The number of nitrogens with one attached hydrogen (secondary N) is 2. The fourth-order valence-corrected chi connectivity index (χ4v) is 5.37. The number of carbonyl (C=O) groups is 3. The lowest BCUT2D eigenvalue weighted by molar-refractivity contribution is -0.133. The van der Waals surface area contributed by atoms with Crippen molar-refractivity contribution in [2.45, 2.75) is 89.0 Å². The Hall–Kier alpha value is -3.23. The van der Waals surface area contributed by atoms with Gasteiger partial charge in [0.25, 0.3) is 11.8 Å². The molecule has 35 heavy (non-hydrogen) atoms. The van der Waals surface area contributed by atoms with Gasteiger partial charge in [0.15, 0.2) is 5.69 Å². The smallest absolute Gasteiger partial charge is 0.274 e. The van der Waals surface area contributed by atoms with Crippen LogP contribution in [0.1, 0.15) is 84.8 Å². The maximum Gasteiger partial charge on any atom is 0.274 e. The number of imidazole rings is 1.